The molecule has 0 atom stereocenters. The molecule has 152 valence electrons. The fraction of sp³-hybridized carbons (Fsp3) is 0.700. The van der Waals surface area contributed by atoms with Crippen molar-refractivity contribution < 1.29 is 8.42 Å². The summed E-state index contributed by atoms with van der Waals surface area (Å²) in [4.78, 5) is 4.87. The number of benzene rings is 1. The summed E-state index contributed by atoms with van der Waals surface area (Å²) in [5.74, 6) is 0. The number of piperazine rings is 1. The predicted octanol–water partition coefficient (Wildman–Crippen LogP) is 2.22. The van der Waals surface area contributed by atoms with E-state index >= 15 is 0 Å². The van der Waals surface area contributed by atoms with Gasteiger partial charge in [-0.05, 0) is 50.4 Å². The van der Waals surface area contributed by atoms with E-state index in [-0.39, 0.29) is 0 Å². The van der Waals surface area contributed by atoms with Crippen LogP contribution >= 0.6 is 0 Å². The van der Waals surface area contributed by atoms with Crippen LogP contribution in [-0.2, 0) is 10.2 Å². The maximum Gasteiger partial charge on any atom is 0.279 e. The topological polar surface area (TPSA) is 55.9 Å². The highest BCUT2D eigenvalue weighted by Crippen LogP contribution is 2.18. The fourth-order valence-electron chi connectivity index (χ4n) is 3.93. The number of rotatable bonds is 7. The highest BCUT2D eigenvalue weighted by atomic mass is 32.2. The van der Waals surface area contributed by atoms with E-state index in [1.54, 1.807) is 4.31 Å². The summed E-state index contributed by atoms with van der Waals surface area (Å²) in [6.07, 6.45) is 5.09. The largest absolute Gasteiger partial charge is 0.369 e. The van der Waals surface area contributed by atoms with Crippen LogP contribution in [0.4, 0.5) is 5.69 Å². The van der Waals surface area contributed by atoms with Gasteiger partial charge in [0.05, 0.1) is 0 Å². The number of hydrogen-bond acceptors (Lipinski definition) is 4. The molecule has 2 heterocycles. The van der Waals surface area contributed by atoms with E-state index in [4.69, 9.17) is 0 Å². The van der Waals surface area contributed by atoms with Gasteiger partial charge in [-0.15, -0.1) is 0 Å². The normalized spacial score (nSPS) is 20.6. The van der Waals surface area contributed by atoms with Gasteiger partial charge in [-0.3, -0.25) is 4.90 Å². The first-order chi connectivity index (χ1) is 13.0. The molecule has 0 unspecified atom stereocenters. The lowest BCUT2D eigenvalue weighted by Gasteiger charge is -2.36. The summed E-state index contributed by atoms with van der Waals surface area (Å²) >= 11 is 0. The zero-order chi connectivity index (χ0) is 19.1. The van der Waals surface area contributed by atoms with Crippen LogP contribution in [0.5, 0.6) is 0 Å². The Morgan fingerprint density at radius 1 is 0.963 bits per heavy atom. The first-order valence-electron chi connectivity index (χ1n) is 10.3. The van der Waals surface area contributed by atoms with Gasteiger partial charge < -0.3 is 4.90 Å². The molecule has 0 spiro atoms. The van der Waals surface area contributed by atoms with Crippen LogP contribution in [-0.4, -0.2) is 70.0 Å². The number of aryl methyl sites for hydroxylation is 1. The zero-order valence-electron chi connectivity index (χ0n) is 16.6. The van der Waals surface area contributed by atoms with Gasteiger partial charge in [0.1, 0.15) is 0 Å². The third-order valence-corrected chi connectivity index (χ3v) is 7.19. The highest BCUT2D eigenvalue weighted by Gasteiger charge is 2.22. The molecule has 2 aliphatic rings. The van der Waals surface area contributed by atoms with E-state index in [0.29, 0.717) is 19.6 Å². The summed E-state index contributed by atoms with van der Waals surface area (Å²) in [5, 5.41) is 0. The van der Waals surface area contributed by atoms with Crippen molar-refractivity contribution in [3.8, 4) is 0 Å². The van der Waals surface area contributed by atoms with Crippen LogP contribution < -0.4 is 9.62 Å². The van der Waals surface area contributed by atoms with Crippen molar-refractivity contribution in [3.05, 3.63) is 29.8 Å². The lowest BCUT2D eigenvalue weighted by molar-refractivity contribution is 0.255. The van der Waals surface area contributed by atoms with Crippen molar-refractivity contribution in [1.82, 2.24) is 13.9 Å². The minimum Gasteiger partial charge on any atom is -0.369 e. The van der Waals surface area contributed by atoms with Gasteiger partial charge >= 0.3 is 0 Å². The van der Waals surface area contributed by atoms with Crippen molar-refractivity contribution in [2.24, 2.45) is 0 Å². The van der Waals surface area contributed by atoms with Gasteiger partial charge in [-0.25, -0.2) is 4.72 Å². The minimum atomic E-state index is -3.30. The van der Waals surface area contributed by atoms with Crippen molar-refractivity contribution >= 4 is 15.9 Å². The maximum atomic E-state index is 12.4. The molecule has 2 aliphatic heterocycles. The first-order valence-corrected chi connectivity index (χ1v) is 11.8. The lowest BCUT2D eigenvalue weighted by Crippen LogP contribution is -2.47. The molecule has 0 bridgehead atoms. The molecular formula is C20H34N4O2S. The predicted molar refractivity (Wildman–Crippen MR) is 111 cm³/mol. The van der Waals surface area contributed by atoms with Crippen LogP contribution in [0.25, 0.3) is 0 Å². The van der Waals surface area contributed by atoms with Gasteiger partial charge in [-0.1, -0.05) is 25.0 Å². The Morgan fingerprint density at radius 2 is 1.67 bits per heavy atom. The Morgan fingerprint density at radius 3 is 2.33 bits per heavy atom. The average Bonchev–Trinajstić information content (AvgIpc) is 2.96. The molecule has 27 heavy (non-hydrogen) atoms. The molecule has 7 heteroatoms. The van der Waals surface area contributed by atoms with Crippen LogP contribution in [0, 0.1) is 6.92 Å². The zero-order valence-corrected chi connectivity index (χ0v) is 17.4. The minimum absolute atomic E-state index is 0.525. The molecule has 2 saturated heterocycles. The third-order valence-electron chi connectivity index (χ3n) is 5.58. The maximum absolute atomic E-state index is 12.4. The number of anilines is 1. The van der Waals surface area contributed by atoms with Crippen molar-refractivity contribution in [2.45, 2.75) is 39.0 Å². The van der Waals surface area contributed by atoms with E-state index in [1.807, 2.05) is 0 Å². The van der Waals surface area contributed by atoms with E-state index in [9.17, 15) is 8.42 Å². The summed E-state index contributed by atoms with van der Waals surface area (Å²) in [6.45, 7) is 9.06. The fourth-order valence-corrected chi connectivity index (χ4v) is 5.26. The number of nitrogens with one attached hydrogen (secondary N) is 1. The van der Waals surface area contributed by atoms with E-state index in [2.05, 4.69) is 45.7 Å². The smallest absolute Gasteiger partial charge is 0.279 e. The van der Waals surface area contributed by atoms with E-state index in [0.717, 1.165) is 64.8 Å². The summed E-state index contributed by atoms with van der Waals surface area (Å²) < 4.78 is 29.2. The quantitative estimate of drug-likeness (QED) is 0.721. The molecule has 1 N–H and O–H groups in total. The van der Waals surface area contributed by atoms with Crippen molar-refractivity contribution in [3.63, 3.8) is 0 Å². The van der Waals surface area contributed by atoms with Gasteiger partial charge in [0.2, 0.25) is 0 Å². The Balaban J connectivity index is 1.35. The summed E-state index contributed by atoms with van der Waals surface area (Å²) in [7, 11) is -3.30. The van der Waals surface area contributed by atoms with E-state index < -0.39 is 10.2 Å². The highest BCUT2D eigenvalue weighted by molar-refractivity contribution is 7.87. The number of hydrogen-bond donors (Lipinski definition) is 1. The Kier molecular flexibility index (Phi) is 7.52. The molecule has 0 aliphatic carbocycles. The van der Waals surface area contributed by atoms with Crippen molar-refractivity contribution in [1.29, 1.82) is 0 Å². The Bertz CT molecular complexity index is 679. The van der Waals surface area contributed by atoms with Gasteiger partial charge in [0, 0.05) is 51.5 Å². The molecule has 0 radical (unpaired) electrons. The van der Waals surface area contributed by atoms with Crippen LogP contribution in [0.1, 0.15) is 37.7 Å². The van der Waals surface area contributed by atoms with Crippen LogP contribution in [0.3, 0.4) is 0 Å². The SMILES string of the molecule is Cc1cccc(N2CCN(CCCNS(=O)(=O)N3CCCCCC3)CC2)c1. The van der Waals surface area contributed by atoms with Crippen molar-refractivity contribution in [2.75, 3.05) is 57.3 Å². The second kappa shape index (κ2) is 9.87. The molecule has 1 aromatic rings. The Hall–Kier alpha value is -1.15. The molecule has 3 rings (SSSR count). The third kappa shape index (κ3) is 6.17. The van der Waals surface area contributed by atoms with Gasteiger partial charge in [0.25, 0.3) is 10.2 Å². The monoisotopic (exact) mass is 394 g/mol. The summed E-state index contributed by atoms with van der Waals surface area (Å²) in [5.41, 5.74) is 2.60. The summed E-state index contributed by atoms with van der Waals surface area (Å²) in [6, 6.07) is 8.67. The molecule has 0 amide bonds. The second-order valence-corrected chi connectivity index (χ2v) is 9.49. The van der Waals surface area contributed by atoms with E-state index in [1.165, 1.54) is 11.3 Å². The molecular weight excluding hydrogens is 360 g/mol. The average molecular weight is 395 g/mol. The molecule has 0 saturated carbocycles. The van der Waals surface area contributed by atoms with Gasteiger partial charge in [-0.2, -0.15) is 12.7 Å². The molecule has 2 fully saturated rings. The standard InChI is InChI=1S/C20H34N4O2S/c1-19-8-6-9-20(18-19)23-16-14-22(15-17-23)11-7-10-21-27(25,26)24-12-4-2-3-5-13-24/h6,8-9,18,21H,2-5,7,10-17H2,1H3. The molecule has 6 nitrogen and oxygen atoms in total. The van der Waals surface area contributed by atoms with Crippen LogP contribution in [0.2, 0.25) is 0 Å². The lowest BCUT2D eigenvalue weighted by atomic mass is 10.2. The molecule has 1 aromatic carbocycles. The second-order valence-electron chi connectivity index (χ2n) is 7.73. The van der Waals surface area contributed by atoms with Crippen LogP contribution in [0.15, 0.2) is 24.3 Å². The number of nitrogens with zero attached hydrogens (tertiary/aromatic N) is 3. The molecule has 0 aromatic heterocycles. The Labute approximate surface area is 164 Å². The first kappa shape index (κ1) is 20.6. The van der Waals surface area contributed by atoms with Gasteiger partial charge in [0.15, 0.2) is 0 Å².